The van der Waals surface area contributed by atoms with Gasteiger partial charge < -0.3 is 9.47 Å². The molecule has 2 aliphatic rings. The summed E-state index contributed by atoms with van der Waals surface area (Å²) in [5.74, 6) is 0.590. The highest BCUT2D eigenvalue weighted by Crippen LogP contribution is 2.53. The fourth-order valence-corrected chi connectivity index (χ4v) is 4.17. The first-order valence-corrected chi connectivity index (χ1v) is 8.80. The van der Waals surface area contributed by atoms with E-state index in [4.69, 9.17) is 9.47 Å². The number of benzene rings is 1. The molecular formula is C19H23N3O3. The number of rotatable bonds is 3. The van der Waals surface area contributed by atoms with E-state index >= 15 is 0 Å². The maximum Gasteiger partial charge on any atom is 0.378 e. The molecule has 2 fully saturated rings. The zero-order chi connectivity index (χ0) is 17.6. The van der Waals surface area contributed by atoms with Crippen molar-refractivity contribution in [2.75, 3.05) is 6.61 Å². The van der Waals surface area contributed by atoms with Gasteiger partial charge in [0.15, 0.2) is 0 Å². The largest absolute Gasteiger partial charge is 0.455 e. The van der Waals surface area contributed by atoms with Gasteiger partial charge in [0.05, 0.1) is 11.8 Å². The molecule has 6 nitrogen and oxygen atoms in total. The Kier molecular flexibility index (Phi) is 3.87. The molecule has 0 radical (unpaired) electrons. The van der Waals surface area contributed by atoms with Crippen LogP contribution in [0.1, 0.15) is 43.1 Å². The van der Waals surface area contributed by atoms with Crippen LogP contribution in [0, 0.1) is 18.3 Å². The van der Waals surface area contributed by atoms with Gasteiger partial charge in [-0.25, -0.2) is 14.5 Å². The minimum Gasteiger partial charge on any atom is -0.455 e. The minimum atomic E-state index is -0.458. The predicted molar refractivity (Wildman–Crippen MR) is 91.5 cm³/mol. The highest BCUT2D eigenvalue weighted by molar-refractivity contribution is 5.85. The number of carbonyl (C=O) groups is 1. The monoisotopic (exact) mass is 341 g/mol. The topological polar surface area (TPSA) is 66.2 Å². The van der Waals surface area contributed by atoms with Gasteiger partial charge in [-0.05, 0) is 31.9 Å². The molecule has 4 rings (SSSR count). The van der Waals surface area contributed by atoms with Crippen molar-refractivity contribution in [3.8, 4) is 5.69 Å². The summed E-state index contributed by atoms with van der Waals surface area (Å²) >= 11 is 0. The average Bonchev–Trinajstić information content (AvgIpc) is 3.02. The highest BCUT2D eigenvalue weighted by atomic mass is 16.6. The number of fused-ring (bicyclic) bond motifs is 1. The van der Waals surface area contributed by atoms with Crippen molar-refractivity contribution in [2.24, 2.45) is 11.3 Å². The highest BCUT2D eigenvalue weighted by Gasteiger charge is 2.60. The lowest BCUT2D eigenvalue weighted by molar-refractivity contribution is -0.243. The Morgan fingerprint density at radius 3 is 2.84 bits per heavy atom. The fraction of sp³-hybridized carbons (Fsp3) is 0.526. The van der Waals surface area contributed by atoms with Crippen LogP contribution in [0.5, 0.6) is 0 Å². The Bertz CT molecular complexity index is 784. The Hall–Kier alpha value is -2.21. The van der Waals surface area contributed by atoms with Crippen LogP contribution < -0.4 is 0 Å². The molecule has 2 aromatic rings. The molecule has 2 heterocycles. The number of aryl methyl sites for hydroxylation is 1. The number of nitrogens with zero attached hydrogens (tertiary/aromatic N) is 3. The van der Waals surface area contributed by atoms with E-state index in [1.54, 1.807) is 4.68 Å². The van der Waals surface area contributed by atoms with E-state index in [1.807, 2.05) is 37.3 Å². The minimum absolute atomic E-state index is 0.109. The first-order chi connectivity index (χ1) is 12.0. The molecular weight excluding hydrogens is 318 g/mol. The lowest BCUT2D eigenvalue weighted by Gasteiger charge is -2.58. The molecule has 1 aliphatic heterocycles. The molecule has 0 N–H and O–H groups in total. The van der Waals surface area contributed by atoms with E-state index in [0.717, 1.165) is 25.1 Å². The van der Waals surface area contributed by atoms with Gasteiger partial charge in [0.25, 0.3) is 5.82 Å². The number of hydrogen-bond acceptors (Lipinski definition) is 5. The van der Waals surface area contributed by atoms with Crippen LogP contribution >= 0.6 is 0 Å². The van der Waals surface area contributed by atoms with Gasteiger partial charge in [-0.2, -0.15) is 0 Å². The maximum absolute atomic E-state index is 12.6. The molecule has 25 heavy (non-hydrogen) atoms. The van der Waals surface area contributed by atoms with Crippen molar-refractivity contribution < 1.29 is 14.3 Å². The lowest BCUT2D eigenvalue weighted by Crippen LogP contribution is -2.65. The van der Waals surface area contributed by atoms with E-state index in [0.29, 0.717) is 5.82 Å². The van der Waals surface area contributed by atoms with E-state index in [-0.39, 0.29) is 29.4 Å². The Morgan fingerprint density at radius 1 is 1.32 bits per heavy atom. The Balaban J connectivity index is 1.52. The molecule has 0 bridgehead atoms. The molecule has 1 aromatic heterocycles. The third-order valence-corrected chi connectivity index (χ3v) is 5.41. The van der Waals surface area contributed by atoms with Crippen molar-refractivity contribution in [1.82, 2.24) is 14.8 Å². The van der Waals surface area contributed by atoms with Crippen molar-refractivity contribution in [3.63, 3.8) is 0 Å². The van der Waals surface area contributed by atoms with Crippen LogP contribution in [0.2, 0.25) is 0 Å². The molecule has 132 valence electrons. The third kappa shape index (κ3) is 2.65. The Morgan fingerprint density at radius 2 is 2.08 bits per heavy atom. The summed E-state index contributed by atoms with van der Waals surface area (Å²) in [7, 11) is 0. The molecule has 0 amide bonds. The van der Waals surface area contributed by atoms with E-state index < -0.39 is 5.97 Å². The summed E-state index contributed by atoms with van der Waals surface area (Å²) < 4.78 is 13.3. The molecule has 1 aromatic carbocycles. The van der Waals surface area contributed by atoms with Gasteiger partial charge in [0, 0.05) is 17.9 Å². The first-order valence-electron chi connectivity index (χ1n) is 8.80. The smallest absolute Gasteiger partial charge is 0.378 e. The van der Waals surface area contributed by atoms with Crippen LogP contribution in [-0.2, 0) is 9.47 Å². The van der Waals surface area contributed by atoms with Gasteiger partial charge in [-0.15, -0.1) is 5.10 Å². The summed E-state index contributed by atoms with van der Waals surface area (Å²) in [6, 6.07) is 9.64. The van der Waals surface area contributed by atoms with Crippen molar-refractivity contribution in [3.05, 3.63) is 42.0 Å². The zero-order valence-electron chi connectivity index (χ0n) is 14.8. The summed E-state index contributed by atoms with van der Waals surface area (Å²) in [4.78, 5) is 16.9. The van der Waals surface area contributed by atoms with Crippen molar-refractivity contribution >= 4 is 5.97 Å². The first kappa shape index (κ1) is 16.3. The molecule has 6 heteroatoms. The van der Waals surface area contributed by atoms with E-state index in [1.165, 1.54) is 0 Å². The van der Waals surface area contributed by atoms with Crippen molar-refractivity contribution in [2.45, 2.75) is 45.8 Å². The second kappa shape index (κ2) is 5.95. The molecule has 0 spiro atoms. The van der Waals surface area contributed by atoms with Gasteiger partial charge in [0.2, 0.25) is 0 Å². The number of ether oxygens (including phenoxy) is 2. The van der Waals surface area contributed by atoms with Gasteiger partial charge in [-0.3, -0.25) is 0 Å². The number of hydrogen-bond donors (Lipinski definition) is 0. The SMILES string of the molecule is Cc1nc(C(=O)OC2C3CCCOC3C2(C)C)nn1-c1ccccc1. The second-order valence-electron chi connectivity index (χ2n) is 7.47. The number of para-hydroxylation sites is 1. The summed E-state index contributed by atoms with van der Waals surface area (Å²) in [6.45, 7) is 6.82. The van der Waals surface area contributed by atoms with Gasteiger partial charge in [0.1, 0.15) is 11.9 Å². The molecule has 3 atom stereocenters. The number of aromatic nitrogens is 3. The van der Waals surface area contributed by atoms with Crippen LogP contribution in [-0.4, -0.2) is 39.5 Å². The lowest BCUT2D eigenvalue weighted by atomic mass is 9.57. The average molecular weight is 341 g/mol. The summed E-state index contributed by atoms with van der Waals surface area (Å²) in [5.41, 5.74) is 0.703. The van der Waals surface area contributed by atoms with Gasteiger partial charge in [-0.1, -0.05) is 32.0 Å². The van der Waals surface area contributed by atoms with Crippen molar-refractivity contribution in [1.29, 1.82) is 0 Å². The molecule has 3 unspecified atom stereocenters. The van der Waals surface area contributed by atoms with Crippen LogP contribution in [0.25, 0.3) is 5.69 Å². The molecule has 1 saturated heterocycles. The predicted octanol–water partition coefficient (Wildman–Crippen LogP) is 2.94. The molecule has 1 saturated carbocycles. The summed E-state index contributed by atoms with van der Waals surface area (Å²) in [6.07, 6.45) is 2.09. The second-order valence-corrected chi connectivity index (χ2v) is 7.47. The fourth-order valence-electron chi connectivity index (χ4n) is 4.17. The van der Waals surface area contributed by atoms with E-state index in [2.05, 4.69) is 23.9 Å². The normalized spacial score (nSPS) is 27.2. The van der Waals surface area contributed by atoms with Gasteiger partial charge >= 0.3 is 5.97 Å². The maximum atomic E-state index is 12.6. The Labute approximate surface area is 147 Å². The van der Waals surface area contributed by atoms with E-state index in [9.17, 15) is 4.79 Å². The number of esters is 1. The van der Waals surface area contributed by atoms with Crippen LogP contribution in [0.3, 0.4) is 0 Å². The summed E-state index contributed by atoms with van der Waals surface area (Å²) in [5, 5.41) is 4.34. The zero-order valence-corrected chi connectivity index (χ0v) is 14.8. The van der Waals surface area contributed by atoms with Crippen LogP contribution in [0.15, 0.2) is 30.3 Å². The third-order valence-electron chi connectivity index (χ3n) is 5.41. The quantitative estimate of drug-likeness (QED) is 0.803. The van der Waals surface area contributed by atoms with Crippen LogP contribution in [0.4, 0.5) is 0 Å². The molecule has 1 aliphatic carbocycles. The standard InChI is InChI=1S/C19H23N3O3/c1-12-20-17(21-22(12)13-8-5-4-6-9-13)18(23)25-16-14-10-7-11-24-15(14)19(16,2)3/h4-6,8-9,14-16H,7,10-11H2,1-3H3. The number of carbonyl (C=O) groups excluding carboxylic acids is 1.